The van der Waals surface area contributed by atoms with Crippen LogP contribution in [0.4, 0.5) is 0 Å². The van der Waals surface area contributed by atoms with Gasteiger partial charge in [0, 0.05) is 37.9 Å². The first-order valence-electron chi connectivity index (χ1n) is 17.7. The molecule has 0 fully saturated rings. The zero-order valence-corrected chi connectivity index (χ0v) is 27.7. The summed E-state index contributed by atoms with van der Waals surface area (Å²) in [6, 6.07) is 53.4. The lowest BCUT2D eigenvalue weighted by molar-refractivity contribution is 0.672. The van der Waals surface area contributed by atoms with Gasteiger partial charge in [0.1, 0.15) is 5.58 Å². The molecule has 3 heterocycles. The minimum atomic E-state index is -0.488. The van der Waals surface area contributed by atoms with E-state index < -0.39 is 5.41 Å². The molecule has 10 aromatic rings. The topological polar surface area (TPSA) is 17.6 Å². The summed E-state index contributed by atoms with van der Waals surface area (Å²) in [5, 5.41) is 8.53. The molecule has 0 saturated carbocycles. The fourth-order valence-electron chi connectivity index (χ4n) is 9.91. The lowest BCUT2D eigenvalue weighted by atomic mass is 9.69. The molecule has 236 valence electrons. The van der Waals surface area contributed by atoms with Crippen LogP contribution in [0, 0.1) is 0 Å². The molecule has 7 aromatic carbocycles. The molecule has 0 radical (unpaired) electrons. The van der Waals surface area contributed by atoms with E-state index in [0.717, 1.165) is 38.6 Å². The second-order valence-corrected chi connectivity index (χ2v) is 14.0. The quantitative estimate of drug-likeness (QED) is 0.138. The molecular weight excluding hydrogens is 619 g/mol. The molecule has 0 saturated heterocycles. The van der Waals surface area contributed by atoms with Crippen molar-refractivity contribution in [3.05, 3.63) is 192 Å². The summed E-state index contributed by atoms with van der Waals surface area (Å²) < 4.78 is 9.69. The van der Waals surface area contributed by atoms with Gasteiger partial charge in [0.05, 0.1) is 22.0 Å². The maximum Gasteiger partial charge on any atom is 0.160 e. The lowest BCUT2D eigenvalue weighted by Gasteiger charge is -2.31. The van der Waals surface area contributed by atoms with Crippen LogP contribution >= 0.6 is 0 Å². The highest BCUT2D eigenvalue weighted by Crippen LogP contribution is 2.60. The van der Waals surface area contributed by atoms with Crippen molar-refractivity contribution in [3.63, 3.8) is 0 Å². The number of pyridine rings is 1. The number of furan rings is 1. The minimum Gasteiger partial charge on any atom is -0.453 e. The third-order valence-electron chi connectivity index (χ3n) is 11.7. The number of hydrogen-bond acceptors (Lipinski definition) is 1. The Morgan fingerprint density at radius 1 is 0.510 bits per heavy atom. The SMILES string of the molecule is C=C/C=C\C1=c2c3ccc4c5cccc(-c6ccccc6)c5oc4c3n3c4ccccc4c4ccc(c2c43)C12c1ccccc1-c1ccccc12. The van der Waals surface area contributed by atoms with E-state index in [9.17, 15) is 0 Å². The van der Waals surface area contributed by atoms with Crippen molar-refractivity contribution < 1.29 is 4.42 Å². The largest absolute Gasteiger partial charge is 0.453 e. The van der Waals surface area contributed by atoms with Crippen LogP contribution in [0.5, 0.6) is 0 Å². The van der Waals surface area contributed by atoms with E-state index in [4.69, 9.17) is 4.42 Å². The molecule has 0 bridgehead atoms. The molecule has 51 heavy (non-hydrogen) atoms. The van der Waals surface area contributed by atoms with E-state index in [2.05, 4.69) is 169 Å². The second-order valence-electron chi connectivity index (χ2n) is 14.0. The third-order valence-corrected chi connectivity index (χ3v) is 11.7. The minimum absolute atomic E-state index is 0.488. The Kier molecular flexibility index (Phi) is 5.08. The van der Waals surface area contributed by atoms with Gasteiger partial charge in [-0.2, -0.15) is 0 Å². The zero-order valence-electron chi connectivity index (χ0n) is 27.7. The van der Waals surface area contributed by atoms with Crippen LogP contribution < -0.4 is 5.22 Å². The average Bonchev–Trinajstić information content (AvgIpc) is 3.91. The second kappa shape index (κ2) is 9.53. The van der Waals surface area contributed by atoms with E-state index in [1.165, 1.54) is 71.2 Å². The fourth-order valence-corrected chi connectivity index (χ4v) is 9.91. The first-order chi connectivity index (χ1) is 25.3. The van der Waals surface area contributed by atoms with Crippen molar-refractivity contribution in [1.82, 2.24) is 4.40 Å². The van der Waals surface area contributed by atoms with E-state index >= 15 is 0 Å². The number of fused-ring (bicyclic) bond motifs is 16. The number of hydrogen-bond donors (Lipinski definition) is 0. The van der Waals surface area contributed by atoms with Crippen molar-refractivity contribution in [2.75, 3.05) is 0 Å². The van der Waals surface area contributed by atoms with Gasteiger partial charge in [-0.3, -0.25) is 0 Å². The Morgan fingerprint density at radius 3 is 1.96 bits per heavy atom. The van der Waals surface area contributed by atoms with Gasteiger partial charge in [0.25, 0.3) is 0 Å². The Hall–Kier alpha value is -6.64. The van der Waals surface area contributed by atoms with Crippen LogP contribution in [-0.2, 0) is 5.41 Å². The first kappa shape index (κ1) is 27.2. The van der Waals surface area contributed by atoms with Crippen molar-refractivity contribution in [2.24, 2.45) is 0 Å². The summed E-state index contributed by atoms with van der Waals surface area (Å²) in [7, 11) is 0. The van der Waals surface area contributed by atoms with Gasteiger partial charge in [0.2, 0.25) is 0 Å². The van der Waals surface area contributed by atoms with Crippen LogP contribution in [0.1, 0.15) is 16.7 Å². The van der Waals surface area contributed by atoms with E-state index in [1.54, 1.807) is 0 Å². The molecule has 0 amide bonds. The summed E-state index contributed by atoms with van der Waals surface area (Å²) in [5.41, 5.74) is 15.0. The molecule has 12 rings (SSSR count). The summed E-state index contributed by atoms with van der Waals surface area (Å²) in [6.45, 7) is 4.13. The van der Waals surface area contributed by atoms with E-state index in [-0.39, 0.29) is 0 Å². The van der Waals surface area contributed by atoms with Crippen LogP contribution in [0.15, 0.2) is 175 Å². The highest BCUT2D eigenvalue weighted by molar-refractivity contribution is 6.25. The van der Waals surface area contributed by atoms with Crippen LogP contribution in [-0.4, -0.2) is 4.40 Å². The van der Waals surface area contributed by atoms with Crippen molar-refractivity contribution >= 4 is 65.6 Å². The molecule has 2 nitrogen and oxygen atoms in total. The molecule has 2 aliphatic carbocycles. The predicted molar refractivity (Wildman–Crippen MR) is 212 cm³/mol. The zero-order chi connectivity index (χ0) is 33.4. The summed E-state index contributed by atoms with van der Waals surface area (Å²) in [5.74, 6) is 0. The van der Waals surface area contributed by atoms with Gasteiger partial charge in [0.15, 0.2) is 5.58 Å². The van der Waals surface area contributed by atoms with Crippen molar-refractivity contribution in [1.29, 1.82) is 0 Å². The molecule has 1 spiro atoms. The monoisotopic (exact) mass is 647 g/mol. The summed E-state index contributed by atoms with van der Waals surface area (Å²) in [6.07, 6.45) is 6.35. The Balaban J connectivity index is 1.38. The van der Waals surface area contributed by atoms with E-state index in [1.807, 2.05) is 6.08 Å². The Bertz CT molecular complexity index is 3220. The number of allylic oxidation sites excluding steroid dienone is 3. The van der Waals surface area contributed by atoms with Crippen molar-refractivity contribution in [3.8, 4) is 22.3 Å². The van der Waals surface area contributed by atoms with Gasteiger partial charge in [-0.15, -0.1) is 0 Å². The Labute approximate surface area is 293 Å². The molecule has 0 atom stereocenters. The molecule has 0 unspecified atom stereocenters. The summed E-state index contributed by atoms with van der Waals surface area (Å²) in [4.78, 5) is 0. The van der Waals surface area contributed by atoms with Crippen LogP contribution in [0.25, 0.3) is 87.9 Å². The van der Waals surface area contributed by atoms with Gasteiger partial charge < -0.3 is 8.82 Å². The van der Waals surface area contributed by atoms with E-state index in [0.29, 0.717) is 0 Å². The number of aromatic nitrogens is 1. The Morgan fingerprint density at radius 2 is 1.16 bits per heavy atom. The van der Waals surface area contributed by atoms with Gasteiger partial charge >= 0.3 is 0 Å². The predicted octanol–water partition coefficient (Wildman–Crippen LogP) is 11.9. The number of benzene rings is 7. The molecule has 0 N–H and O–H groups in total. The fraction of sp³-hybridized carbons (Fsp3) is 0.0204. The lowest BCUT2D eigenvalue weighted by Crippen LogP contribution is -2.27. The number of para-hydroxylation sites is 2. The molecule has 2 heteroatoms. The molecule has 3 aromatic heterocycles. The molecule has 0 aliphatic heterocycles. The normalized spacial score (nSPS) is 14.4. The average molecular weight is 648 g/mol. The highest BCUT2D eigenvalue weighted by atomic mass is 16.3. The van der Waals surface area contributed by atoms with Crippen LogP contribution in [0.2, 0.25) is 0 Å². The van der Waals surface area contributed by atoms with Gasteiger partial charge in [-0.1, -0.05) is 158 Å². The molecular formula is C49H29NO. The van der Waals surface area contributed by atoms with Crippen molar-refractivity contribution in [2.45, 2.75) is 5.41 Å². The smallest absolute Gasteiger partial charge is 0.160 e. The number of nitrogens with zero attached hydrogens (tertiary/aromatic N) is 1. The highest BCUT2D eigenvalue weighted by Gasteiger charge is 2.51. The summed E-state index contributed by atoms with van der Waals surface area (Å²) >= 11 is 0. The van der Waals surface area contributed by atoms with Gasteiger partial charge in [-0.25, -0.2) is 0 Å². The number of rotatable bonds is 3. The third kappa shape index (κ3) is 3.11. The van der Waals surface area contributed by atoms with Gasteiger partial charge in [-0.05, 0) is 56.3 Å². The maximum atomic E-state index is 7.18. The standard InChI is InChI=1S/C49H29NO/c1-2-3-21-40-43-37-26-25-36-35-20-13-19-30(29-14-5-4-6-15-29)47(35)51-48(36)46(37)50-42-24-12-9-18-33(42)34-27-28-41(44(43)45(34)50)49(40)38-22-10-7-16-31(38)32-17-8-11-23-39(32)49/h2-28H,1H2/b21-3-. The maximum absolute atomic E-state index is 7.18. The first-order valence-corrected chi connectivity index (χ1v) is 17.7. The van der Waals surface area contributed by atoms with Crippen LogP contribution in [0.3, 0.4) is 0 Å². The molecule has 2 aliphatic rings.